The van der Waals surface area contributed by atoms with Crippen molar-refractivity contribution in [1.82, 2.24) is 5.32 Å². The van der Waals surface area contributed by atoms with Crippen molar-refractivity contribution in [2.24, 2.45) is 11.5 Å². The highest BCUT2D eigenvalue weighted by molar-refractivity contribution is 9.11. The fourth-order valence-electron chi connectivity index (χ4n) is 1.88. The molecule has 0 fully saturated rings. The number of phenols is 1. The van der Waals surface area contributed by atoms with Crippen molar-refractivity contribution in [2.75, 3.05) is 18.6 Å². The summed E-state index contributed by atoms with van der Waals surface area (Å²) >= 11 is 6.31. The van der Waals surface area contributed by atoms with E-state index in [4.69, 9.17) is 26.8 Å². The van der Waals surface area contributed by atoms with Gasteiger partial charge in [-0.1, -0.05) is 0 Å². The average Bonchev–Trinajstić information content (AvgIpc) is 2.68. The minimum absolute atomic E-state index is 0.0312. The lowest BCUT2D eigenvalue weighted by Gasteiger charge is -2.18. The number of aliphatic carboxylic acids is 3. The minimum Gasteiger partial charge on any atom is -0.506 e. The molecule has 1 rings (SSSR count). The van der Waals surface area contributed by atoms with Crippen molar-refractivity contribution in [3.63, 3.8) is 0 Å². The second-order valence-electron chi connectivity index (χ2n) is 8.42. The number of carboxylic acids is 3. The third kappa shape index (κ3) is 20.1. The Morgan fingerprint density at radius 2 is 1.43 bits per heavy atom. The van der Waals surface area contributed by atoms with Crippen molar-refractivity contribution in [3.8, 4) is 5.75 Å². The summed E-state index contributed by atoms with van der Waals surface area (Å²) in [7, 11) is -3.10. The van der Waals surface area contributed by atoms with Gasteiger partial charge in [0.15, 0.2) is 0 Å². The molecule has 0 amide bonds. The van der Waals surface area contributed by atoms with E-state index in [2.05, 4.69) is 37.2 Å². The lowest BCUT2D eigenvalue weighted by atomic mass is 10.1. The summed E-state index contributed by atoms with van der Waals surface area (Å²) < 4.78 is 22.0. The molecule has 0 bridgehead atoms. The first-order valence-corrected chi connectivity index (χ1v) is 13.6. The van der Waals surface area contributed by atoms with Crippen LogP contribution in [-0.4, -0.2) is 82.9 Å². The van der Waals surface area contributed by atoms with Crippen LogP contribution < -0.4 is 16.8 Å². The Morgan fingerprint density at radius 3 is 1.71 bits per heavy atom. The molecular formula is C20H33Br2N3O9S. The summed E-state index contributed by atoms with van der Waals surface area (Å²) in [5.74, 6) is -3.13. The molecular weight excluding hydrogens is 618 g/mol. The molecule has 9 N–H and O–H groups in total. The van der Waals surface area contributed by atoms with Gasteiger partial charge in [-0.15, -0.1) is 0 Å². The Balaban J connectivity index is 0. The van der Waals surface area contributed by atoms with E-state index >= 15 is 0 Å². The average molecular weight is 651 g/mol. The lowest BCUT2D eigenvalue weighted by Crippen LogP contribution is -2.39. The van der Waals surface area contributed by atoms with E-state index in [0.717, 1.165) is 11.8 Å². The van der Waals surface area contributed by atoms with Crippen LogP contribution in [-0.2, 0) is 30.6 Å². The molecule has 0 aliphatic carbocycles. The van der Waals surface area contributed by atoms with Crippen molar-refractivity contribution in [3.05, 3.63) is 26.6 Å². The Labute approximate surface area is 221 Å². The van der Waals surface area contributed by atoms with Gasteiger partial charge < -0.3 is 37.2 Å². The molecule has 35 heavy (non-hydrogen) atoms. The number of rotatable bonds is 9. The van der Waals surface area contributed by atoms with Gasteiger partial charge in [-0.2, -0.15) is 0 Å². The predicted molar refractivity (Wildman–Crippen MR) is 138 cm³/mol. The zero-order chi connectivity index (χ0) is 28.1. The van der Waals surface area contributed by atoms with Crippen LogP contribution in [0.3, 0.4) is 0 Å². The van der Waals surface area contributed by atoms with Gasteiger partial charge in [0.2, 0.25) is 0 Å². The monoisotopic (exact) mass is 649 g/mol. The Kier molecular flexibility index (Phi) is 16.2. The first-order valence-electron chi connectivity index (χ1n) is 9.94. The lowest BCUT2D eigenvalue weighted by molar-refractivity contribution is -0.139. The molecule has 0 aromatic heterocycles. The maximum atomic E-state index is 10.5. The summed E-state index contributed by atoms with van der Waals surface area (Å²) in [5, 5.41) is 37.4. The van der Waals surface area contributed by atoms with Crippen molar-refractivity contribution in [2.45, 2.75) is 51.2 Å². The second kappa shape index (κ2) is 16.1. The molecule has 2 atom stereocenters. The molecule has 0 spiro atoms. The molecule has 0 saturated heterocycles. The molecule has 15 heteroatoms. The van der Waals surface area contributed by atoms with Crippen LogP contribution in [0.5, 0.6) is 5.75 Å². The smallest absolute Gasteiger partial charge is 0.320 e. The number of carbonyl (C=O) groups is 3. The van der Waals surface area contributed by atoms with Gasteiger partial charge in [-0.05, 0) is 83.2 Å². The topological polar surface area (TPSA) is 230 Å². The second-order valence-corrected chi connectivity index (χ2v) is 12.4. The highest BCUT2D eigenvalue weighted by Crippen LogP contribution is 2.33. The van der Waals surface area contributed by atoms with Crippen LogP contribution in [0.1, 0.15) is 32.8 Å². The number of benzene rings is 1. The number of hydrogen-bond donors (Lipinski definition) is 7. The Bertz CT molecular complexity index is 944. The normalized spacial score (nSPS) is 12.8. The molecule has 1 aromatic rings. The van der Waals surface area contributed by atoms with Gasteiger partial charge in [0.05, 0.1) is 21.2 Å². The molecule has 0 aliphatic heterocycles. The molecule has 0 radical (unpaired) electrons. The number of sulfone groups is 1. The Hall–Kier alpha value is -1.78. The van der Waals surface area contributed by atoms with E-state index in [0.29, 0.717) is 8.95 Å². The van der Waals surface area contributed by atoms with Crippen LogP contribution in [0.15, 0.2) is 21.1 Å². The fraction of sp³-hybridized carbons (Fsp3) is 0.550. The van der Waals surface area contributed by atoms with E-state index in [1.165, 1.54) is 0 Å². The molecule has 202 valence electrons. The van der Waals surface area contributed by atoms with Gasteiger partial charge in [0.25, 0.3) is 0 Å². The van der Waals surface area contributed by atoms with Gasteiger partial charge in [-0.25, -0.2) is 8.42 Å². The zero-order valence-corrected chi connectivity index (χ0v) is 23.8. The van der Waals surface area contributed by atoms with Gasteiger partial charge in [-0.3, -0.25) is 14.4 Å². The highest BCUT2D eigenvalue weighted by Gasteiger charge is 2.15. The van der Waals surface area contributed by atoms with Crippen molar-refractivity contribution in [1.29, 1.82) is 0 Å². The maximum Gasteiger partial charge on any atom is 0.320 e. The third-order valence-corrected chi connectivity index (χ3v) is 5.92. The molecule has 0 unspecified atom stereocenters. The number of nitrogens with two attached hydrogens (primary N) is 2. The number of halogens is 2. The van der Waals surface area contributed by atoms with E-state index in [-0.39, 0.29) is 36.4 Å². The van der Waals surface area contributed by atoms with Crippen molar-refractivity contribution < 1.29 is 43.2 Å². The minimum atomic E-state index is -3.10. The summed E-state index contributed by atoms with van der Waals surface area (Å²) in [6.07, 6.45) is 1.22. The van der Waals surface area contributed by atoms with Crippen LogP contribution in [0.25, 0.3) is 0 Å². The summed E-state index contributed by atoms with van der Waals surface area (Å²) in [6, 6.07) is 1.27. The highest BCUT2D eigenvalue weighted by atomic mass is 79.9. The fourth-order valence-corrected chi connectivity index (χ4v) is 3.85. The first kappa shape index (κ1) is 35.4. The Morgan fingerprint density at radius 1 is 1.00 bits per heavy atom. The third-order valence-electron chi connectivity index (χ3n) is 3.74. The molecule has 0 aliphatic rings. The van der Waals surface area contributed by atoms with Crippen LogP contribution in [0.2, 0.25) is 0 Å². The largest absolute Gasteiger partial charge is 0.506 e. The standard InChI is InChI=1S/C9H9Br2NO3.C6H13NO2.C5H11NO4S/c10-5-1-4(2-6(11)8(5)13)3-7(12)9(14)15;1-6(2,3)7-4-5(8)9;1-11(9,10)3-2-4(6)5(7)8/h1-2,7,13H,3,12H2,(H,14,15);7H,4H2,1-3H3,(H,8,9);4H,2-3,6H2,1H3,(H,7,8)/t7-;;4-/m0.0/s1. The molecule has 1 aromatic carbocycles. The van der Waals surface area contributed by atoms with Crippen LogP contribution in [0.4, 0.5) is 0 Å². The number of phenolic OH excluding ortho intramolecular Hbond substituents is 1. The summed E-state index contributed by atoms with van der Waals surface area (Å²) in [6.45, 7) is 5.81. The SMILES string of the molecule is CC(C)(C)NCC(=O)O.CS(=O)(=O)CC[C@H](N)C(=O)O.N[C@@H](Cc1cc(Br)c(O)c(Br)c1)C(=O)O. The van der Waals surface area contributed by atoms with Crippen LogP contribution >= 0.6 is 31.9 Å². The summed E-state index contributed by atoms with van der Waals surface area (Å²) in [4.78, 5) is 30.6. The molecule has 0 heterocycles. The van der Waals surface area contributed by atoms with Gasteiger partial charge in [0.1, 0.15) is 27.7 Å². The predicted octanol–water partition coefficient (Wildman–Crippen LogP) is 1.16. The van der Waals surface area contributed by atoms with E-state index < -0.39 is 39.8 Å². The van der Waals surface area contributed by atoms with Gasteiger partial charge in [0, 0.05) is 11.8 Å². The quantitative estimate of drug-likeness (QED) is 0.200. The first-order chi connectivity index (χ1) is 15.7. The molecule has 12 nitrogen and oxygen atoms in total. The number of carboxylic acid groups (broad SMARTS) is 3. The maximum absolute atomic E-state index is 10.5. The number of hydrogen-bond acceptors (Lipinski definition) is 9. The van der Waals surface area contributed by atoms with Crippen LogP contribution in [0, 0.1) is 0 Å². The molecule has 0 saturated carbocycles. The number of nitrogens with one attached hydrogen (secondary N) is 1. The summed E-state index contributed by atoms with van der Waals surface area (Å²) in [5.41, 5.74) is 11.1. The van der Waals surface area contributed by atoms with Gasteiger partial charge >= 0.3 is 17.9 Å². The number of aromatic hydroxyl groups is 1. The van der Waals surface area contributed by atoms with E-state index in [9.17, 15) is 27.9 Å². The van der Waals surface area contributed by atoms with E-state index in [1.807, 2.05) is 20.8 Å². The van der Waals surface area contributed by atoms with Crippen molar-refractivity contribution >= 4 is 59.6 Å². The van der Waals surface area contributed by atoms with E-state index in [1.54, 1.807) is 12.1 Å². The zero-order valence-electron chi connectivity index (χ0n) is 19.8.